The lowest BCUT2D eigenvalue weighted by molar-refractivity contribution is 0.0949. The minimum Gasteiger partial charge on any atom is -0.360 e. The highest BCUT2D eigenvalue weighted by molar-refractivity contribution is 6.35. The normalized spacial score (nSPS) is 11.2. The molecule has 0 atom stereocenters. The molecule has 8 nitrogen and oxygen atoms in total. The van der Waals surface area contributed by atoms with E-state index in [4.69, 9.17) is 11.6 Å². The zero-order chi connectivity index (χ0) is 27.7. The minimum atomic E-state index is -1.18. The Balaban J connectivity index is 1.33. The molecule has 3 heterocycles. The summed E-state index contributed by atoms with van der Waals surface area (Å²) in [5.41, 5.74) is -0.421. The Morgan fingerprint density at radius 2 is 1.67 bits per heavy atom. The van der Waals surface area contributed by atoms with Gasteiger partial charge in [0.25, 0.3) is 17.0 Å². The van der Waals surface area contributed by atoms with E-state index in [1.807, 2.05) is 0 Å². The van der Waals surface area contributed by atoms with Crippen LogP contribution >= 0.6 is 11.6 Å². The number of halogens is 4. The number of hydrogen-bond donors (Lipinski definition) is 2. The molecule has 2 N–H and O–H groups in total. The maximum atomic E-state index is 14.9. The maximum absolute atomic E-state index is 14.9. The van der Waals surface area contributed by atoms with Gasteiger partial charge in [0.05, 0.1) is 29.9 Å². The largest absolute Gasteiger partial charge is 0.360 e. The summed E-state index contributed by atoms with van der Waals surface area (Å²) in [7, 11) is 0. The number of nitrogens with one attached hydrogen (secondary N) is 2. The molecule has 5 rings (SSSR count). The van der Waals surface area contributed by atoms with Crippen molar-refractivity contribution in [1.29, 1.82) is 0 Å². The van der Waals surface area contributed by atoms with Crippen LogP contribution in [0.25, 0.3) is 10.9 Å². The van der Waals surface area contributed by atoms with Gasteiger partial charge in [0, 0.05) is 65.0 Å². The third-order valence-electron chi connectivity index (χ3n) is 6.21. The number of amides is 1. The van der Waals surface area contributed by atoms with E-state index < -0.39 is 34.5 Å². The van der Waals surface area contributed by atoms with Crippen LogP contribution in [0, 0.1) is 17.5 Å². The summed E-state index contributed by atoms with van der Waals surface area (Å²) in [5, 5.41) is 3.60. The van der Waals surface area contributed by atoms with Gasteiger partial charge in [-0.05, 0) is 18.2 Å². The SMILES string of the molecule is O=C(NCc1cc2c(Cl)c[nH]c2cc1F)c1ccc(=O)n(Cc2ccc(Cn3ccncc3=O)c(F)c2F)c1. The molecule has 12 heteroatoms. The summed E-state index contributed by atoms with van der Waals surface area (Å²) in [4.78, 5) is 43.5. The third-order valence-corrected chi connectivity index (χ3v) is 6.52. The zero-order valence-electron chi connectivity index (χ0n) is 20.1. The van der Waals surface area contributed by atoms with Gasteiger partial charge in [-0.2, -0.15) is 0 Å². The van der Waals surface area contributed by atoms with Gasteiger partial charge in [-0.25, -0.2) is 13.2 Å². The molecule has 0 fully saturated rings. The second-order valence-corrected chi connectivity index (χ2v) is 9.15. The first kappa shape index (κ1) is 26.0. The van der Waals surface area contributed by atoms with Crippen LogP contribution in [0.4, 0.5) is 13.2 Å². The molecule has 0 saturated heterocycles. The van der Waals surface area contributed by atoms with Crippen molar-refractivity contribution in [3.63, 3.8) is 0 Å². The molecule has 0 aliphatic rings. The predicted molar refractivity (Wildman–Crippen MR) is 138 cm³/mol. The van der Waals surface area contributed by atoms with Gasteiger partial charge in [0.2, 0.25) is 0 Å². The molecule has 198 valence electrons. The Kier molecular flexibility index (Phi) is 7.07. The van der Waals surface area contributed by atoms with E-state index in [1.54, 1.807) is 0 Å². The number of hydrogen-bond acceptors (Lipinski definition) is 4. The molecule has 0 radical (unpaired) electrons. The third kappa shape index (κ3) is 5.34. The molecule has 39 heavy (non-hydrogen) atoms. The highest BCUT2D eigenvalue weighted by Crippen LogP contribution is 2.26. The summed E-state index contributed by atoms with van der Waals surface area (Å²) in [6.45, 7) is -0.706. The molecule has 0 saturated carbocycles. The number of nitrogens with zero attached hydrogens (tertiary/aromatic N) is 3. The standard InChI is InChI=1S/C27H19ClF3N5O3/c28-20-10-33-22-8-21(29)18(7-19(20)22)9-34-27(39)17-3-4-23(37)36(14-17)13-16-2-1-15(25(30)26(16)31)12-35-6-5-32-11-24(35)38/h1-8,10-11,14,33H,9,12-13H2,(H,34,39). The molecular formula is C27H19ClF3N5O3. The fourth-order valence-corrected chi connectivity index (χ4v) is 4.31. The van der Waals surface area contributed by atoms with Gasteiger partial charge in [0.15, 0.2) is 11.6 Å². The van der Waals surface area contributed by atoms with E-state index in [2.05, 4.69) is 15.3 Å². The van der Waals surface area contributed by atoms with Crippen LogP contribution in [-0.2, 0) is 19.6 Å². The quantitative estimate of drug-likeness (QED) is 0.318. The van der Waals surface area contributed by atoms with Crippen LogP contribution < -0.4 is 16.4 Å². The monoisotopic (exact) mass is 553 g/mol. The lowest BCUT2D eigenvalue weighted by atomic mass is 10.1. The van der Waals surface area contributed by atoms with Gasteiger partial charge >= 0.3 is 0 Å². The van der Waals surface area contributed by atoms with E-state index in [0.29, 0.717) is 15.9 Å². The number of rotatable bonds is 7. The highest BCUT2D eigenvalue weighted by Gasteiger charge is 2.16. The minimum absolute atomic E-state index is 0.0589. The van der Waals surface area contributed by atoms with Crippen molar-refractivity contribution < 1.29 is 18.0 Å². The van der Waals surface area contributed by atoms with E-state index in [-0.39, 0.29) is 41.9 Å². The Labute approximate surface area is 223 Å². The van der Waals surface area contributed by atoms with E-state index >= 15 is 0 Å². The first-order valence-corrected chi connectivity index (χ1v) is 12.0. The molecule has 0 aliphatic heterocycles. The average Bonchev–Trinajstić information content (AvgIpc) is 3.28. The molecule has 2 aromatic carbocycles. The Bertz CT molecular complexity index is 1850. The highest BCUT2D eigenvalue weighted by atomic mass is 35.5. The molecule has 5 aromatic rings. The number of aromatic amines is 1. The molecular weight excluding hydrogens is 535 g/mol. The second kappa shape index (κ2) is 10.6. The number of pyridine rings is 1. The van der Waals surface area contributed by atoms with E-state index in [9.17, 15) is 27.6 Å². The number of fused-ring (bicyclic) bond motifs is 1. The van der Waals surface area contributed by atoms with Crippen molar-refractivity contribution >= 4 is 28.4 Å². The van der Waals surface area contributed by atoms with Crippen molar-refractivity contribution in [2.45, 2.75) is 19.6 Å². The van der Waals surface area contributed by atoms with E-state index in [0.717, 1.165) is 16.8 Å². The summed E-state index contributed by atoms with van der Waals surface area (Å²) in [5.74, 6) is -3.47. The Hall–Kier alpha value is -4.64. The van der Waals surface area contributed by atoms with Crippen molar-refractivity contribution in [1.82, 2.24) is 24.4 Å². The fraction of sp³-hybridized carbons (Fsp3) is 0.111. The number of benzene rings is 2. The lowest BCUT2D eigenvalue weighted by Gasteiger charge is -2.12. The summed E-state index contributed by atoms with van der Waals surface area (Å²) in [6, 6.07) is 7.84. The first-order chi connectivity index (χ1) is 18.7. The molecule has 1 amide bonds. The zero-order valence-corrected chi connectivity index (χ0v) is 20.8. The fourth-order valence-electron chi connectivity index (χ4n) is 4.10. The Morgan fingerprint density at radius 3 is 2.38 bits per heavy atom. The van der Waals surface area contributed by atoms with E-state index in [1.165, 1.54) is 59.7 Å². The Morgan fingerprint density at radius 1 is 0.949 bits per heavy atom. The molecule has 0 unspecified atom stereocenters. The van der Waals surface area contributed by atoms with Gasteiger partial charge in [-0.15, -0.1) is 0 Å². The van der Waals surface area contributed by atoms with Crippen molar-refractivity contribution in [2.24, 2.45) is 0 Å². The number of carbonyl (C=O) groups is 1. The number of carbonyl (C=O) groups excluding carboxylic acids is 1. The van der Waals surface area contributed by atoms with Crippen LogP contribution in [0.15, 0.2) is 77.0 Å². The van der Waals surface area contributed by atoms with Crippen molar-refractivity contribution in [2.75, 3.05) is 0 Å². The van der Waals surface area contributed by atoms with Gasteiger partial charge in [0.1, 0.15) is 5.82 Å². The molecule has 3 aromatic heterocycles. The summed E-state index contributed by atoms with van der Waals surface area (Å²) >= 11 is 6.09. The number of aromatic nitrogens is 4. The van der Waals surface area contributed by atoms with Crippen LogP contribution in [0.1, 0.15) is 27.0 Å². The van der Waals surface area contributed by atoms with Crippen molar-refractivity contribution in [3.05, 3.63) is 133 Å². The summed E-state index contributed by atoms with van der Waals surface area (Å²) < 4.78 is 46.3. The molecule has 0 spiro atoms. The van der Waals surface area contributed by atoms with Gasteiger partial charge in [-0.1, -0.05) is 23.7 Å². The van der Waals surface area contributed by atoms with Crippen LogP contribution in [0.3, 0.4) is 0 Å². The van der Waals surface area contributed by atoms with Crippen molar-refractivity contribution in [3.8, 4) is 0 Å². The maximum Gasteiger partial charge on any atom is 0.269 e. The molecule has 0 bridgehead atoms. The lowest BCUT2D eigenvalue weighted by Crippen LogP contribution is -2.27. The molecule has 0 aliphatic carbocycles. The number of H-pyrrole nitrogens is 1. The average molecular weight is 554 g/mol. The first-order valence-electron chi connectivity index (χ1n) is 11.6. The predicted octanol–water partition coefficient (Wildman–Crippen LogP) is 3.98. The summed E-state index contributed by atoms with van der Waals surface area (Å²) in [6.07, 6.45) is 6.51. The van der Waals surface area contributed by atoms with Crippen LogP contribution in [0.5, 0.6) is 0 Å². The topological polar surface area (TPSA) is 102 Å². The van der Waals surface area contributed by atoms with Gasteiger partial charge in [-0.3, -0.25) is 19.4 Å². The van der Waals surface area contributed by atoms with Crippen LogP contribution in [0.2, 0.25) is 5.02 Å². The van der Waals surface area contributed by atoms with Gasteiger partial charge < -0.3 is 19.4 Å². The van der Waals surface area contributed by atoms with Crippen LogP contribution in [-0.4, -0.2) is 25.0 Å². The smallest absolute Gasteiger partial charge is 0.269 e. The second-order valence-electron chi connectivity index (χ2n) is 8.75.